The third-order valence-corrected chi connectivity index (χ3v) is 3.87. The normalized spacial score (nSPS) is 14.6. The van der Waals surface area contributed by atoms with Crippen LogP contribution in [-0.2, 0) is 12.8 Å². The van der Waals surface area contributed by atoms with Crippen molar-refractivity contribution in [2.24, 2.45) is 5.73 Å². The van der Waals surface area contributed by atoms with Crippen LogP contribution in [-0.4, -0.2) is 6.61 Å². The highest BCUT2D eigenvalue weighted by molar-refractivity contribution is 5.40. The molecule has 0 radical (unpaired) electrons. The molecule has 0 bridgehead atoms. The highest BCUT2D eigenvalue weighted by Gasteiger charge is 2.17. The Hall–Kier alpha value is -1.94. The fraction of sp³-hybridized carbons (Fsp3) is 0.294. The van der Waals surface area contributed by atoms with Crippen molar-refractivity contribution in [2.75, 3.05) is 6.61 Å². The number of hydrogen-bond donors (Lipinski definition) is 1. The molecule has 3 rings (SSSR count). The lowest BCUT2D eigenvalue weighted by atomic mass is 9.97. The first kappa shape index (κ1) is 14.0. The zero-order chi connectivity index (χ0) is 14.8. The summed E-state index contributed by atoms with van der Waals surface area (Å²) >= 11 is 0. The predicted molar refractivity (Wildman–Crippen MR) is 77.2 cm³/mol. The number of benzene rings is 2. The van der Waals surface area contributed by atoms with Crippen LogP contribution in [0.15, 0.2) is 36.4 Å². The number of nitrogens with two attached hydrogens (primary N) is 1. The molecule has 2 N–H and O–H groups in total. The van der Waals surface area contributed by atoms with Gasteiger partial charge in [-0.15, -0.1) is 0 Å². The van der Waals surface area contributed by atoms with Gasteiger partial charge < -0.3 is 10.5 Å². The molecule has 0 amide bonds. The van der Waals surface area contributed by atoms with Crippen LogP contribution in [0.25, 0.3) is 0 Å². The van der Waals surface area contributed by atoms with Crippen molar-refractivity contribution >= 4 is 0 Å². The fourth-order valence-electron chi connectivity index (χ4n) is 2.73. The maximum Gasteiger partial charge on any atom is 0.130 e. The smallest absolute Gasteiger partial charge is 0.130 e. The molecule has 2 aromatic carbocycles. The summed E-state index contributed by atoms with van der Waals surface area (Å²) in [5, 5.41) is 0. The van der Waals surface area contributed by atoms with Gasteiger partial charge >= 0.3 is 0 Å². The molecule has 110 valence electrons. The van der Waals surface area contributed by atoms with Crippen molar-refractivity contribution in [2.45, 2.75) is 25.3 Å². The van der Waals surface area contributed by atoms with Gasteiger partial charge in [0.25, 0.3) is 0 Å². The molecule has 1 unspecified atom stereocenters. The van der Waals surface area contributed by atoms with Crippen molar-refractivity contribution in [1.82, 2.24) is 0 Å². The van der Waals surface area contributed by atoms with Crippen LogP contribution in [0.1, 0.15) is 29.2 Å². The number of hydrogen-bond acceptors (Lipinski definition) is 2. The maximum absolute atomic E-state index is 13.7. The van der Waals surface area contributed by atoms with Gasteiger partial charge in [-0.2, -0.15) is 0 Å². The molecule has 1 aliphatic heterocycles. The largest absolute Gasteiger partial charge is 0.493 e. The molecule has 0 fully saturated rings. The van der Waals surface area contributed by atoms with E-state index < -0.39 is 17.7 Å². The molecule has 1 heterocycles. The van der Waals surface area contributed by atoms with E-state index in [0.29, 0.717) is 12.8 Å². The summed E-state index contributed by atoms with van der Waals surface area (Å²) < 4.78 is 32.8. The number of rotatable bonds is 4. The molecular formula is C17H17F2NO. The molecule has 0 spiro atoms. The topological polar surface area (TPSA) is 35.2 Å². The molecular weight excluding hydrogens is 272 g/mol. The molecule has 0 saturated heterocycles. The highest BCUT2D eigenvalue weighted by Crippen LogP contribution is 2.28. The predicted octanol–water partition coefficient (Wildman–Crippen LogP) is 3.53. The molecule has 2 nitrogen and oxygen atoms in total. The molecule has 0 aliphatic carbocycles. The van der Waals surface area contributed by atoms with E-state index in [4.69, 9.17) is 10.5 Å². The maximum atomic E-state index is 13.7. The average Bonchev–Trinajstić information content (AvgIpc) is 2.92. The Bertz CT molecular complexity index is 637. The third kappa shape index (κ3) is 2.90. The van der Waals surface area contributed by atoms with E-state index in [1.54, 1.807) is 0 Å². The van der Waals surface area contributed by atoms with Gasteiger partial charge in [-0.3, -0.25) is 0 Å². The summed E-state index contributed by atoms with van der Waals surface area (Å²) in [4.78, 5) is 0. The first-order chi connectivity index (χ1) is 10.1. The van der Waals surface area contributed by atoms with E-state index in [2.05, 4.69) is 6.07 Å². The van der Waals surface area contributed by atoms with E-state index in [9.17, 15) is 8.78 Å². The quantitative estimate of drug-likeness (QED) is 0.934. The number of aryl methyl sites for hydroxylation is 1. The monoisotopic (exact) mass is 289 g/mol. The zero-order valence-corrected chi connectivity index (χ0v) is 11.6. The van der Waals surface area contributed by atoms with Gasteiger partial charge in [0.1, 0.15) is 17.4 Å². The van der Waals surface area contributed by atoms with Crippen molar-refractivity contribution in [3.63, 3.8) is 0 Å². The summed E-state index contributed by atoms with van der Waals surface area (Å²) in [7, 11) is 0. The van der Waals surface area contributed by atoms with Crippen LogP contribution in [0.2, 0.25) is 0 Å². The van der Waals surface area contributed by atoms with Gasteiger partial charge in [0.15, 0.2) is 0 Å². The summed E-state index contributed by atoms with van der Waals surface area (Å²) in [6, 6.07) is 9.21. The second-order valence-electron chi connectivity index (χ2n) is 5.32. The average molecular weight is 289 g/mol. The molecule has 0 saturated carbocycles. The minimum Gasteiger partial charge on any atom is -0.493 e. The van der Waals surface area contributed by atoms with Crippen LogP contribution < -0.4 is 10.5 Å². The number of ether oxygens (including phenoxy) is 1. The minimum absolute atomic E-state index is 0.0259. The van der Waals surface area contributed by atoms with E-state index in [1.165, 1.54) is 23.8 Å². The third-order valence-electron chi connectivity index (χ3n) is 3.87. The Labute approximate surface area is 122 Å². The standard InChI is InChI=1S/C17H17F2NO/c18-13-2-1-3-14(19)17(13)15(20)6-4-11-5-7-16-12(10-11)8-9-21-16/h1-3,5,7,10,15H,4,6,8-9,20H2. The van der Waals surface area contributed by atoms with Gasteiger partial charge in [0, 0.05) is 18.0 Å². The zero-order valence-electron chi connectivity index (χ0n) is 11.6. The van der Waals surface area contributed by atoms with Gasteiger partial charge in [-0.05, 0) is 42.2 Å². The van der Waals surface area contributed by atoms with Gasteiger partial charge in [-0.25, -0.2) is 8.78 Å². The summed E-state index contributed by atoms with van der Waals surface area (Å²) in [6.07, 6.45) is 2.09. The SMILES string of the molecule is NC(CCc1ccc2c(c1)CCO2)c1c(F)cccc1F. The van der Waals surface area contributed by atoms with Crippen LogP contribution in [0.5, 0.6) is 5.75 Å². The van der Waals surface area contributed by atoms with E-state index in [-0.39, 0.29) is 5.56 Å². The molecule has 1 atom stereocenters. The molecule has 0 aromatic heterocycles. The van der Waals surface area contributed by atoms with E-state index in [1.807, 2.05) is 12.1 Å². The van der Waals surface area contributed by atoms with Crippen molar-refractivity contribution in [3.05, 3.63) is 64.7 Å². The Balaban J connectivity index is 1.70. The van der Waals surface area contributed by atoms with E-state index >= 15 is 0 Å². The van der Waals surface area contributed by atoms with Crippen LogP contribution >= 0.6 is 0 Å². The summed E-state index contributed by atoms with van der Waals surface area (Å²) in [5.74, 6) is -0.224. The Morgan fingerprint density at radius 1 is 1.14 bits per heavy atom. The van der Waals surface area contributed by atoms with Crippen molar-refractivity contribution in [1.29, 1.82) is 0 Å². The minimum atomic E-state index is -0.643. The van der Waals surface area contributed by atoms with Crippen LogP contribution in [0.3, 0.4) is 0 Å². The Kier molecular flexibility index (Phi) is 3.88. The van der Waals surface area contributed by atoms with Gasteiger partial charge in [0.2, 0.25) is 0 Å². The van der Waals surface area contributed by atoms with E-state index in [0.717, 1.165) is 24.3 Å². The molecule has 2 aromatic rings. The lowest BCUT2D eigenvalue weighted by Gasteiger charge is -2.14. The van der Waals surface area contributed by atoms with Crippen LogP contribution in [0, 0.1) is 11.6 Å². The lowest BCUT2D eigenvalue weighted by molar-refractivity contribution is 0.357. The summed E-state index contributed by atoms with van der Waals surface area (Å²) in [6.45, 7) is 0.721. The number of halogens is 2. The first-order valence-corrected chi connectivity index (χ1v) is 7.09. The summed E-state index contributed by atoms with van der Waals surface area (Å²) in [5.41, 5.74) is 8.24. The van der Waals surface area contributed by atoms with Crippen LogP contribution in [0.4, 0.5) is 8.78 Å². The van der Waals surface area contributed by atoms with Gasteiger partial charge in [0.05, 0.1) is 6.61 Å². The number of fused-ring (bicyclic) bond motifs is 1. The second kappa shape index (κ2) is 5.82. The van der Waals surface area contributed by atoms with Crippen molar-refractivity contribution < 1.29 is 13.5 Å². The molecule has 1 aliphatic rings. The fourth-order valence-corrected chi connectivity index (χ4v) is 2.73. The molecule has 4 heteroatoms. The Morgan fingerprint density at radius 2 is 1.90 bits per heavy atom. The van der Waals surface area contributed by atoms with Crippen molar-refractivity contribution in [3.8, 4) is 5.75 Å². The highest BCUT2D eigenvalue weighted by atomic mass is 19.1. The molecule has 21 heavy (non-hydrogen) atoms. The van der Waals surface area contributed by atoms with Gasteiger partial charge in [-0.1, -0.05) is 18.2 Å². The Morgan fingerprint density at radius 3 is 2.67 bits per heavy atom. The second-order valence-corrected chi connectivity index (χ2v) is 5.32. The first-order valence-electron chi connectivity index (χ1n) is 7.09. The lowest BCUT2D eigenvalue weighted by Crippen LogP contribution is -2.15.